The van der Waals surface area contributed by atoms with Crippen LogP contribution in [0.2, 0.25) is 0 Å². The first kappa shape index (κ1) is 16.4. The number of anilines is 1. The molecule has 0 aliphatic carbocycles. The highest BCUT2D eigenvalue weighted by Crippen LogP contribution is 2.26. The lowest BCUT2D eigenvalue weighted by atomic mass is 9.93. The van der Waals surface area contributed by atoms with E-state index in [0.717, 1.165) is 29.1 Å². The number of hydrogen-bond acceptors (Lipinski definition) is 4. The van der Waals surface area contributed by atoms with Crippen molar-refractivity contribution in [1.29, 1.82) is 0 Å². The molecule has 0 fully saturated rings. The SMILES string of the molecule is CCC(CC)(CO)Nc1cc(Br)nc(C(C)(C)C)n1. The second-order valence-corrected chi connectivity index (χ2v) is 6.73. The van der Waals surface area contributed by atoms with Crippen LogP contribution < -0.4 is 5.32 Å². The van der Waals surface area contributed by atoms with Gasteiger partial charge in [0.05, 0.1) is 12.1 Å². The van der Waals surface area contributed by atoms with Gasteiger partial charge in [0.1, 0.15) is 16.2 Å². The predicted molar refractivity (Wildman–Crippen MR) is 82.5 cm³/mol. The molecular weight excluding hydrogens is 306 g/mol. The van der Waals surface area contributed by atoms with Crippen molar-refractivity contribution in [3.8, 4) is 0 Å². The summed E-state index contributed by atoms with van der Waals surface area (Å²) >= 11 is 3.43. The topological polar surface area (TPSA) is 58.0 Å². The lowest BCUT2D eigenvalue weighted by Gasteiger charge is -2.31. The Kier molecular flexibility index (Phi) is 5.33. The molecule has 0 aromatic carbocycles. The van der Waals surface area contributed by atoms with Crippen molar-refractivity contribution in [3.05, 3.63) is 16.5 Å². The summed E-state index contributed by atoms with van der Waals surface area (Å²) in [5.41, 5.74) is -0.427. The summed E-state index contributed by atoms with van der Waals surface area (Å²) in [5, 5.41) is 13.0. The second-order valence-electron chi connectivity index (χ2n) is 5.92. The van der Waals surface area contributed by atoms with Gasteiger partial charge in [0.25, 0.3) is 0 Å². The van der Waals surface area contributed by atoms with Crippen LogP contribution in [-0.4, -0.2) is 27.2 Å². The normalized spacial score (nSPS) is 12.6. The van der Waals surface area contributed by atoms with Crippen molar-refractivity contribution in [2.24, 2.45) is 0 Å². The smallest absolute Gasteiger partial charge is 0.137 e. The van der Waals surface area contributed by atoms with Gasteiger partial charge < -0.3 is 10.4 Å². The fourth-order valence-corrected chi connectivity index (χ4v) is 2.16. The highest BCUT2D eigenvalue weighted by atomic mass is 79.9. The minimum absolute atomic E-state index is 0.0898. The van der Waals surface area contributed by atoms with Crippen molar-refractivity contribution in [2.75, 3.05) is 11.9 Å². The summed E-state index contributed by atoms with van der Waals surface area (Å²) in [6, 6.07) is 1.85. The van der Waals surface area contributed by atoms with E-state index in [4.69, 9.17) is 0 Å². The summed E-state index contributed by atoms with van der Waals surface area (Å²) in [6.45, 7) is 10.5. The Morgan fingerprint density at radius 1 is 1.21 bits per heavy atom. The van der Waals surface area contributed by atoms with Gasteiger partial charge >= 0.3 is 0 Å². The van der Waals surface area contributed by atoms with Gasteiger partial charge in [-0.3, -0.25) is 0 Å². The van der Waals surface area contributed by atoms with Crippen LogP contribution in [0.15, 0.2) is 10.7 Å². The maximum Gasteiger partial charge on any atom is 0.137 e. The minimum Gasteiger partial charge on any atom is -0.394 e. The maximum atomic E-state index is 9.62. The van der Waals surface area contributed by atoms with Crippen molar-refractivity contribution >= 4 is 21.7 Å². The molecule has 0 radical (unpaired) electrons. The molecule has 1 heterocycles. The zero-order chi connectivity index (χ0) is 14.7. The standard InChI is InChI=1S/C14H24BrN3O/c1-6-14(7-2,9-19)18-11-8-10(15)16-12(17-11)13(3,4)5/h8,19H,6-7,9H2,1-5H3,(H,16,17,18). The van der Waals surface area contributed by atoms with E-state index in [0.29, 0.717) is 0 Å². The van der Waals surface area contributed by atoms with E-state index in [1.807, 2.05) is 6.07 Å². The Labute approximate surface area is 124 Å². The van der Waals surface area contributed by atoms with E-state index in [9.17, 15) is 5.11 Å². The van der Waals surface area contributed by atoms with Crippen molar-refractivity contribution in [2.45, 2.75) is 58.4 Å². The van der Waals surface area contributed by atoms with Crippen LogP contribution in [0.4, 0.5) is 5.82 Å². The summed E-state index contributed by atoms with van der Waals surface area (Å²) in [4.78, 5) is 8.99. The molecule has 0 aliphatic rings. The van der Waals surface area contributed by atoms with Gasteiger partial charge in [-0.25, -0.2) is 9.97 Å². The van der Waals surface area contributed by atoms with Crippen LogP contribution in [0.1, 0.15) is 53.3 Å². The molecule has 0 amide bonds. The molecule has 4 nitrogen and oxygen atoms in total. The van der Waals surface area contributed by atoms with Crippen molar-refractivity contribution in [1.82, 2.24) is 9.97 Å². The van der Waals surface area contributed by atoms with E-state index in [2.05, 4.69) is 65.8 Å². The molecule has 0 bridgehead atoms. The summed E-state index contributed by atoms with van der Waals surface area (Å²) in [6.07, 6.45) is 1.68. The summed E-state index contributed by atoms with van der Waals surface area (Å²) < 4.78 is 0.758. The summed E-state index contributed by atoms with van der Waals surface area (Å²) in [5.74, 6) is 1.54. The van der Waals surface area contributed by atoms with Crippen LogP contribution in [-0.2, 0) is 5.41 Å². The number of rotatable bonds is 5. The highest BCUT2D eigenvalue weighted by molar-refractivity contribution is 9.10. The summed E-state index contributed by atoms with van der Waals surface area (Å²) in [7, 11) is 0. The third-order valence-electron chi connectivity index (χ3n) is 3.42. The molecule has 0 atom stereocenters. The molecule has 1 aromatic rings. The number of halogens is 1. The lowest BCUT2D eigenvalue weighted by Crippen LogP contribution is -2.41. The van der Waals surface area contributed by atoms with Crippen LogP contribution >= 0.6 is 15.9 Å². The number of aliphatic hydroxyl groups excluding tert-OH is 1. The average molecular weight is 330 g/mol. The Hall–Kier alpha value is -0.680. The molecular formula is C14H24BrN3O. The number of nitrogens with one attached hydrogen (secondary N) is 1. The van der Waals surface area contributed by atoms with Crippen LogP contribution in [0.3, 0.4) is 0 Å². The molecule has 2 N–H and O–H groups in total. The Balaban J connectivity index is 3.11. The number of aromatic nitrogens is 2. The van der Waals surface area contributed by atoms with E-state index in [1.165, 1.54) is 0 Å². The van der Waals surface area contributed by atoms with Crippen LogP contribution in [0.25, 0.3) is 0 Å². The molecule has 0 spiro atoms. The maximum absolute atomic E-state index is 9.62. The Bertz CT molecular complexity index is 417. The molecule has 19 heavy (non-hydrogen) atoms. The molecule has 5 heteroatoms. The lowest BCUT2D eigenvalue weighted by molar-refractivity contribution is 0.202. The van der Waals surface area contributed by atoms with Gasteiger partial charge in [-0.05, 0) is 28.8 Å². The molecule has 1 aromatic heterocycles. The van der Waals surface area contributed by atoms with Gasteiger partial charge in [0.15, 0.2) is 0 Å². The first-order chi connectivity index (χ1) is 8.76. The quantitative estimate of drug-likeness (QED) is 0.812. The molecule has 0 aliphatic heterocycles. The second kappa shape index (κ2) is 6.18. The third-order valence-corrected chi connectivity index (χ3v) is 3.82. The Morgan fingerprint density at radius 3 is 2.21 bits per heavy atom. The number of aliphatic hydroxyl groups is 1. The molecule has 0 saturated carbocycles. The number of hydrogen-bond donors (Lipinski definition) is 2. The van der Waals surface area contributed by atoms with Gasteiger partial charge in [0.2, 0.25) is 0 Å². The van der Waals surface area contributed by atoms with Crippen molar-refractivity contribution < 1.29 is 5.11 Å². The van der Waals surface area contributed by atoms with E-state index in [-0.39, 0.29) is 17.6 Å². The molecule has 108 valence electrons. The fourth-order valence-electron chi connectivity index (χ4n) is 1.78. The van der Waals surface area contributed by atoms with Crippen LogP contribution in [0, 0.1) is 0 Å². The van der Waals surface area contributed by atoms with E-state index >= 15 is 0 Å². The predicted octanol–water partition coefficient (Wildman–Crippen LogP) is 3.50. The van der Waals surface area contributed by atoms with E-state index < -0.39 is 0 Å². The zero-order valence-corrected chi connectivity index (χ0v) is 14.0. The number of nitrogens with zero attached hydrogens (tertiary/aromatic N) is 2. The average Bonchev–Trinajstić information content (AvgIpc) is 2.34. The van der Waals surface area contributed by atoms with Gasteiger partial charge in [-0.2, -0.15) is 0 Å². The molecule has 0 saturated heterocycles. The van der Waals surface area contributed by atoms with Crippen molar-refractivity contribution in [3.63, 3.8) is 0 Å². The molecule has 1 rings (SSSR count). The third kappa shape index (κ3) is 4.14. The van der Waals surface area contributed by atoms with Crippen LogP contribution in [0.5, 0.6) is 0 Å². The monoisotopic (exact) mass is 329 g/mol. The Morgan fingerprint density at radius 2 is 1.79 bits per heavy atom. The first-order valence-electron chi connectivity index (χ1n) is 6.70. The van der Waals surface area contributed by atoms with Gasteiger partial charge in [0, 0.05) is 11.5 Å². The first-order valence-corrected chi connectivity index (χ1v) is 7.49. The fraction of sp³-hybridized carbons (Fsp3) is 0.714. The minimum atomic E-state index is -0.317. The largest absolute Gasteiger partial charge is 0.394 e. The molecule has 0 unspecified atom stereocenters. The highest BCUT2D eigenvalue weighted by Gasteiger charge is 2.26. The van der Waals surface area contributed by atoms with Gasteiger partial charge in [-0.1, -0.05) is 34.6 Å². The zero-order valence-electron chi connectivity index (χ0n) is 12.4. The van der Waals surface area contributed by atoms with E-state index in [1.54, 1.807) is 0 Å². The van der Waals surface area contributed by atoms with Gasteiger partial charge in [-0.15, -0.1) is 0 Å².